The van der Waals surface area contributed by atoms with Gasteiger partial charge in [0.25, 0.3) is 15.9 Å². The van der Waals surface area contributed by atoms with E-state index in [1.54, 1.807) is 23.1 Å². The molecule has 7 nitrogen and oxygen atoms in total. The summed E-state index contributed by atoms with van der Waals surface area (Å²) in [5.41, 5.74) is 1.83. The van der Waals surface area contributed by atoms with Crippen molar-refractivity contribution in [1.82, 2.24) is 9.80 Å². The third-order valence-corrected chi connectivity index (χ3v) is 7.24. The maximum absolute atomic E-state index is 13.9. The first-order chi connectivity index (χ1) is 16.9. The van der Waals surface area contributed by atoms with Crippen molar-refractivity contribution < 1.29 is 17.6 Å². The molecule has 3 aromatic carbocycles. The molecule has 0 radical (unpaired) electrons. The van der Waals surface area contributed by atoms with E-state index in [-0.39, 0.29) is 22.1 Å². The Labute approximate surface area is 204 Å². The summed E-state index contributed by atoms with van der Waals surface area (Å²) in [6, 6.07) is 20.9. The molecule has 0 spiro atoms. The number of para-hydroxylation sites is 1. The summed E-state index contributed by atoms with van der Waals surface area (Å²) in [6.45, 7) is 3.30. The Kier molecular flexibility index (Phi) is 7.44. The molecule has 1 amide bonds. The second kappa shape index (κ2) is 10.7. The number of anilines is 1. The molecule has 1 fully saturated rings. The molecule has 9 heteroatoms. The maximum atomic E-state index is 13.9. The molecule has 0 atom stereocenters. The highest BCUT2D eigenvalue weighted by atomic mass is 32.2. The minimum atomic E-state index is -4.07. The van der Waals surface area contributed by atoms with E-state index in [1.807, 2.05) is 12.1 Å². The Morgan fingerprint density at radius 2 is 1.74 bits per heavy atom. The van der Waals surface area contributed by atoms with Crippen LogP contribution >= 0.6 is 0 Å². The van der Waals surface area contributed by atoms with Crippen LogP contribution < -0.4 is 4.72 Å². The lowest BCUT2D eigenvalue weighted by atomic mass is 10.1. The molecular weight excluding hydrogens is 467 g/mol. The number of nitrogens with zero attached hydrogens (tertiary/aromatic N) is 3. The fraction of sp³-hybridized carbons (Fsp3) is 0.231. The summed E-state index contributed by atoms with van der Waals surface area (Å²) in [6.07, 6.45) is 0.787. The Balaban J connectivity index is 1.42. The molecule has 1 heterocycles. The van der Waals surface area contributed by atoms with E-state index >= 15 is 0 Å². The second-order valence-electron chi connectivity index (χ2n) is 8.34. The van der Waals surface area contributed by atoms with E-state index in [4.69, 9.17) is 5.26 Å². The molecule has 0 aliphatic carbocycles. The minimum Gasteiger partial charge on any atom is -0.337 e. The van der Waals surface area contributed by atoms with Gasteiger partial charge in [-0.05, 0) is 54.4 Å². The van der Waals surface area contributed by atoms with Crippen molar-refractivity contribution in [3.8, 4) is 6.07 Å². The van der Waals surface area contributed by atoms with Gasteiger partial charge in [-0.25, -0.2) is 12.8 Å². The number of nitrogens with one attached hydrogen (secondary N) is 1. The van der Waals surface area contributed by atoms with E-state index in [0.717, 1.165) is 25.1 Å². The number of halogens is 1. The molecule has 1 aliphatic heterocycles. The van der Waals surface area contributed by atoms with Gasteiger partial charge >= 0.3 is 0 Å². The number of hydrogen-bond acceptors (Lipinski definition) is 5. The summed E-state index contributed by atoms with van der Waals surface area (Å²) >= 11 is 0. The van der Waals surface area contributed by atoms with Crippen molar-refractivity contribution in [2.24, 2.45) is 0 Å². The fourth-order valence-electron chi connectivity index (χ4n) is 4.00. The van der Waals surface area contributed by atoms with Gasteiger partial charge in [-0.3, -0.25) is 14.4 Å². The van der Waals surface area contributed by atoms with Crippen LogP contribution in [0.3, 0.4) is 0 Å². The quantitative estimate of drug-likeness (QED) is 0.564. The Morgan fingerprint density at radius 3 is 2.49 bits per heavy atom. The summed E-state index contributed by atoms with van der Waals surface area (Å²) in [4.78, 5) is 17.1. The van der Waals surface area contributed by atoms with E-state index in [1.165, 1.54) is 42.5 Å². The van der Waals surface area contributed by atoms with Gasteiger partial charge in [0.15, 0.2) is 0 Å². The molecule has 1 saturated heterocycles. The van der Waals surface area contributed by atoms with Crippen LogP contribution in [0.1, 0.15) is 27.9 Å². The lowest BCUT2D eigenvalue weighted by Gasteiger charge is -2.22. The predicted molar refractivity (Wildman–Crippen MR) is 131 cm³/mol. The molecular formula is C26H25FN4O3S. The van der Waals surface area contributed by atoms with Crippen LogP contribution in [0, 0.1) is 17.1 Å². The maximum Gasteiger partial charge on any atom is 0.262 e. The molecule has 0 aromatic heterocycles. The fourth-order valence-corrected chi connectivity index (χ4v) is 5.11. The Bertz CT molecular complexity index is 1350. The van der Waals surface area contributed by atoms with Crippen molar-refractivity contribution in [3.05, 3.63) is 95.3 Å². The number of carbonyl (C=O) groups is 1. The van der Waals surface area contributed by atoms with Crippen LogP contribution in [-0.2, 0) is 16.6 Å². The van der Waals surface area contributed by atoms with Gasteiger partial charge in [0.2, 0.25) is 0 Å². The Hall–Kier alpha value is -3.74. The van der Waals surface area contributed by atoms with Crippen molar-refractivity contribution in [2.75, 3.05) is 30.9 Å². The minimum absolute atomic E-state index is 0.108. The second-order valence-corrected chi connectivity index (χ2v) is 10.0. The zero-order valence-corrected chi connectivity index (χ0v) is 19.8. The van der Waals surface area contributed by atoms with Crippen LogP contribution in [0.25, 0.3) is 0 Å². The lowest BCUT2D eigenvalue weighted by molar-refractivity contribution is 0.0761. The third-order valence-electron chi connectivity index (χ3n) is 5.87. The van der Waals surface area contributed by atoms with Crippen molar-refractivity contribution in [3.63, 3.8) is 0 Å². The summed E-state index contributed by atoms with van der Waals surface area (Å²) < 4.78 is 41.7. The number of amides is 1. The normalized spacial score (nSPS) is 14.7. The van der Waals surface area contributed by atoms with Gasteiger partial charge in [0, 0.05) is 38.3 Å². The van der Waals surface area contributed by atoms with Gasteiger partial charge < -0.3 is 4.90 Å². The zero-order chi connectivity index (χ0) is 24.8. The van der Waals surface area contributed by atoms with Gasteiger partial charge in [0.05, 0.1) is 22.2 Å². The largest absolute Gasteiger partial charge is 0.337 e. The third kappa shape index (κ3) is 6.04. The van der Waals surface area contributed by atoms with Gasteiger partial charge in [-0.1, -0.05) is 30.3 Å². The van der Waals surface area contributed by atoms with Crippen LogP contribution in [0.15, 0.2) is 77.7 Å². The average Bonchev–Trinajstić information content (AvgIpc) is 3.11. The molecule has 1 N–H and O–H groups in total. The van der Waals surface area contributed by atoms with Crippen LogP contribution in [0.4, 0.5) is 10.1 Å². The number of hydrogen-bond donors (Lipinski definition) is 1. The summed E-state index contributed by atoms with van der Waals surface area (Å²) in [7, 11) is -4.07. The molecule has 1 aliphatic rings. The summed E-state index contributed by atoms with van der Waals surface area (Å²) in [5, 5.41) is 8.95. The smallest absolute Gasteiger partial charge is 0.262 e. The number of carbonyl (C=O) groups excluding carboxylic acids is 1. The first kappa shape index (κ1) is 24.4. The average molecular weight is 493 g/mol. The number of sulfonamides is 1. The van der Waals surface area contributed by atoms with E-state index in [0.29, 0.717) is 25.2 Å². The standard InChI is InChI=1S/C26H25FN4O3S/c27-24-7-1-2-8-25(24)29-35(33,34)23-6-3-5-22(17-23)26(32)31-14-4-13-30(15-16-31)19-21-11-9-20(18-28)10-12-21/h1-3,5-12,17,29H,4,13-16,19H2. The molecule has 180 valence electrons. The highest BCUT2D eigenvalue weighted by molar-refractivity contribution is 7.92. The first-order valence-electron chi connectivity index (χ1n) is 11.2. The van der Waals surface area contributed by atoms with Gasteiger partial charge in [0.1, 0.15) is 5.82 Å². The van der Waals surface area contributed by atoms with E-state index in [2.05, 4.69) is 15.7 Å². The van der Waals surface area contributed by atoms with Crippen LogP contribution in [-0.4, -0.2) is 50.3 Å². The topological polar surface area (TPSA) is 93.5 Å². The number of benzene rings is 3. The number of nitriles is 1. The van der Waals surface area contributed by atoms with E-state index < -0.39 is 15.8 Å². The number of rotatable bonds is 6. The van der Waals surface area contributed by atoms with Gasteiger partial charge in [-0.15, -0.1) is 0 Å². The SMILES string of the molecule is N#Cc1ccc(CN2CCCN(C(=O)c3cccc(S(=O)(=O)Nc4ccccc4F)c3)CC2)cc1. The molecule has 4 rings (SSSR count). The van der Waals surface area contributed by atoms with Crippen LogP contribution in [0.5, 0.6) is 0 Å². The molecule has 0 unspecified atom stereocenters. The predicted octanol–water partition coefficient (Wildman–Crippen LogP) is 3.85. The lowest BCUT2D eigenvalue weighted by Crippen LogP contribution is -2.35. The molecule has 0 bridgehead atoms. The molecule has 3 aromatic rings. The first-order valence-corrected chi connectivity index (χ1v) is 12.7. The van der Waals surface area contributed by atoms with Gasteiger partial charge in [-0.2, -0.15) is 5.26 Å². The molecule has 35 heavy (non-hydrogen) atoms. The zero-order valence-electron chi connectivity index (χ0n) is 19.0. The van der Waals surface area contributed by atoms with Crippen molar-refractivity contribution in [2.45, 2.75) is 17.9 Å². The van der Waals surface area contributed by atoms with Crippen molar-refractivity contribution in [1.29, 1.82) is 5.26 Å². The monoisotopic (exact) mass is 492 g/mol. The van der Waals surface area contributed by atoms with Crippen LogP contribution in [0.2, 0.25) is 0 Å². The highest BCUT2D eigenvalue weighted by Crippen LogP contribution is 2.21. The van der Waals surface area contributed by atoms with E-state index in [9.17, 15) is 17.6 Å². The summed E-state index contributed by atoms with van der Waals surface area (Å²) in [5.74, 6) is -0.924. The molecule has 0 saturated carbocycles. The van der Waals surface area contributed by atoms with Crippen molar-refractivity contribution >= 4 is 21.6 Å². The highest BCUT2D eigenvalue weighted by Gasteiger charge is 2.23. The Morgan fingerprint density at radius 1 is 0.971 bits per heavy atom.